The topological polar surface area (TPSA) is 37.3 Å². The lowest BCUT2D eigenvalue weighted by Crippen LogP contribution is -2.13. The molecule has 0 aliphatic rings. The SMILES string of the molecule is CSc1cc(CCC(Cl)C(=O)O)ccc1-c1ccccc1. The monoisotopic (exact) mass is 320 g/mol. The fraction of sp³-hybridized carbons (Fsp3) is 0.235. The van der Waals surface area contributed by atoms with Crippen molar-refractivity contribution in [2.45, 2.75) is 23.1 Å². The van der Waals surface area contributed by atoms with Gasteiger partial charge in [0.05, 0.1) is 0 Å². The Labute approximate surface area is 134 Å². The van der Waals surface area contributed by atoms with E-state index in [1.807, 2.05) is 30.5 Å². The van der Waals surface area contributed by atoms with Gasteiger partial charge in [-0.1, -0.05) is 42.5 Å². The number of hydrogen-bond acceptors (Lipinski definition) is 2. The van der Waals surface area contributed by atoms with E-state index in [0.717, 1.165) is 5.56 Å². The van der Waals surface area contributed by atoms with Crippen LogP contribution in [0.2, 0.25) is 0 Å². The first-order valence-electron chi connectivity index (χ1n) is 6.71. The number of aliphatic carboxylic acids is 1. The van der Waals surface area contributed by atoms with Crippen molar-refractivity contribution < 1.29 is 9.90 Å². The predicted molar refractivity (Wildman–Crippen MR) is 89.3 cm³/mol. The largest absolute Gasteiger partial charge is 0.480 e. The van der Waals surface area contributed by atoms with Crippen molar-refractivity contribution >= 4 is 29.3 Å². The Hall–Kier alpha value is -1.45. The van der Waals surface area contributed by atoms with Crippen LogP contribution in [-0.2, 0) is 11.2 Å². The average Bonchev–Trinajstić information content (AvgIpc) is 2.53. The molecule has 1 unspecified atom stereocenters. The first-order chi connectivity index (χ1) is 10.1. The van der Waals surface area contributed by atoms with Gasteiger partial charge in [0.25, 0.3) is 0 Å². The lowest BCUT2D eigenvalue weighted by molar-refractivity contribution is -0.136. The third kappa shape index (κ3) is 4.26. The van der Waals surface area contributed by atoms with Gasteiger partial charge in [0.1, 0.15) is 5.38 Å². The van der Waals surface area contributed by atoms with E-state index >= 15 is 0 Å². The second-order valence-corrected chi connectivity index (χ2v) is 6.12. The summed E-state index contributed by atoms with van der Waals surface area (Å²) in [7, 11) is 0. The number of rotatable bonds is 6. The van der Waals surface area contributed by atoms with Gasteiger partial charge in [0, 0.05) is 4.90 Å². The number of thioether (sulfide) groups is 1. The minimum absolute atomic E-state index is 0.440. The summed E-state index contributed by atoms with van der Waals surface area (Å²) in [6.45, 7) is 0. The maximum Gasteiger partial charge on any atom is 0.321 e. The van der Waals surface area contributed by atoms with E-state index in [2.05, 4.69) is 24.3 Å². The molecular weight excluding hydrogens is 304 g/mol. The van der Waals surface area contributed by atoms with Crippen LogP contribution in [0.5, 0.6) is 0 Å². The molecule has 2 nitrogen and oxygen atoms in total. The van der Waals surface area contributed by atoms with Gasteiger partial charge in [-0.25, -0.2) is 0 Å². The molecule has 0 aromatic heterocycles. The van der Waals surface area contributed by atoms with Gasteiger partial charge in [-0.2, -0.15) is 0 Å². The van der Waals surface area contributed by atoms with Crippen molar-refractivity contribution in [1.29, 1.82) is 0 Å². The normalized spacial score (nSPS) is 12.1. The fourth-order valence-electron chi connectivity index (χ4n) is 2.16. The maximum absolute atomic E-state index is 10.7. The van der Waals surface area contributed by atoms with Crippen LogP contribution < -0.4 is 0 Å². The Morgan fingerprint density at radius 3 is 2.57 bits per heavy atom. The van der Waals surface area contributed by atoms with Crippen LogP contribution in [0.15, 0.2) is 53.4 Å². The van der Waals surface area contributed by atoms with E-state index < -0.39 is 11.3 Å². The first-order valence-corrected chi connectivity index (χ1v) is 8.37. The molecule has 110 valence electrons. The summed E-state index contributed by atoms with van der Waals surface area (Å²) in [5.74, 6) is -0.956. The lowest BCUT2D eigenvalue weighted by Gasteiger charge is -2.11. The molecule has 2 rings (SSSR count). The van der Waals surface area contributed by atoms with E-state index in [4.69, 9.17) is 16.7 Å². The quantitative estimate of drug-likeness (QED) is 0.619. The number of carboxylic acids is 1. The second kappa shape index (κ2) is 7.53. The minimum Gasteiger partial charge on any atom is -0.480 e. The van der Waals surface area contributed by atoms with E-state index in [0.29, 0.717) is 12.8 Å². The Morgan fingerprint density at radius 2 is 1.95 bits per heavy atom. The van der Waals surface area contributed by atoms with Gasteiger partial charge in [-0.05, 0) is 41.9 Å². The molecule has 2 aromatic rings. The molecule has 0 bridgehead atoms. The van der Waals surface area contributed by atoms with Crippen molar-refractivity contribution in [3.05, 3.63) is 54.1 Å². The molecule has 0 aliphatic carbocycles. The number of benzene rings is 2. The van der Waals surface area contributed by atoms with Crippen LogP contribution in [0.25, 0.3) is 11.1 Å². The highest BCUT2D eigenvalue weighted by molar-refractivity contribution is 7.98. The second-order valence-electron chi connectivity index (χ2n) is 4.75. The van der Waals surface area contributed by atoms with Crippen LogP contribution in [0.4, 0.5) is 0 Å². The van der Waals surface area contributed by atoms with Gasteiger partial charge in [-0.15, -0.1) is 23.4 Å². The zero-order valence-electron chi connectivity index (χ0n) is 11.8. The Balaban J connectivity index is 2.19. The van der Waals surface area contributed by atoms with Gasteiger partial charge in [0.2, 0.25) is 0 Å². The predicted octanol–water partition coefficient (Wildman–Crippen LogP) is 4.70. The van der Waals surface area contributed by atoms with Crippen molar-refractivity contribution in [2.24, 2.45) is 0 Å². The van der Waals surface area contributed by atoms with E-state index in [1.54, 1.807) is 11.8 Å². The summed E-state index contributed by atoms with van der Waals surface area (Å²) in [6.07, 6.45) is 3.16. The Kier molecular flexibility index (Phi) is 5.71. The average molecular weight is 321 g/mol. The molecule has 0 heterocycles. The van der Waals surface area contributed by atoms with Gasteiger partial charge >= 0.3 is 5.97 Å². The minimum atomic E-state index is -0.956. The molecule has 21 heavy (non-hydrogen) atoms. The van der Waals surface area contributed by atoms with Crippen molar-refractivity contribution in [3.63, 3.8) is 0 Å². The number of halogens is 1. The highest BCUT2D eigenvalue weighted by Gasteiger charge is 2.13. The zero-order valence-corrected chi connectivity index (χ0v) is 13.3. The van der Waals surface area contributed by atoms with Crippen molar-refractivity contribution in [2.75, 3.05) is 6.26 Å². The zero-order chi connectivity index (χ0) is 15.2. The standard InChI is InChI=1S/C17H17ClO2S/c1-21-16-11-12(8-10-15(18)17(19)20)7-9-14(16)13-5-3-2-4-6-13/h2-7,9,11,15H,8,10H2,1H3,(H,19,20). The molecule has 1 N–H and O–H groups in total. The molecule has 4 heteroatoms. The molecule has 0 saturated heterocycles. The van der Waals surface area contributed by atoms with E-state index in [9.17, 15) is 4.79 Å². The third-order valence-electron chi connectivity index (χ3n) is 3.31. The summed E-state index contributed by atoms with van der Waals surface area (Å²) in [6, 6.07) is 16.5. The van der Waals surface area contributed by atoms with Crippen LogP contribution in [-0.4, -0.2) is 22.7 Å². The number of aryl methyl sites for hydroxylation is 1. The number of carboxylic acid groups (broad SMARTS) is 1. The third-order valence-corrected chi connectivity index (χ3v) is 4.49. The van der Waals surface area contributed by atoms with Gasteiger partial charge in [0.15, 0.2) is 0 Å². The summed E-state index contributed by atoms with van der Waals surface area (Å²) in [5.41, 5.74) is 3.51. The summed E-state index contributed by atoms with van der Waals surface area (Å²) < 4.78 is 0. The molecule has 0 aliphatic heterocycles. The molecule has 0 fully saturated rings. The number of carbonyl (C=O) groups is 1. The maximum atomic E-state index is 10.7. The van der Waals surface area contributed by atoms with Crippen LogP contribution >= 0.6 is 23.4 Å². The summed E-state index contributed by atoms with van der Waals surface area (Å²) in [4.78, 5) is 11.9. The Morgan fingerprint density at radius 1 is 1.24 bits per heavy atom. The molecule has 1 atom stereocenters. The molecular formula is C17H17ClO2S. The van der Waals surface area contributed by atoms with Crippen molar-refractivity contribution in [1.82, 2.24) is 0 Å². The summed E-state index contributed by atoms with van der Waals surface area (Å²) in [5, 5.41) is 7.99. The molecule has 0 saturated carbocycles. The van der Waals surface area contributed by atoms with Crippen LogP contribution in [0, 0.1) is 0 Å². The molecule has 0 amide bonds. The highest BCUT2D eigenvalue weighted by atomic mass is 35.5. The van der Waals surface area contributed by atoms with E-state index in [1.165, 1.54) is 16.0 Å². The highest BCUT2D eigenvalue weighted by Crippen LogP contribution is 2.31. The number of alkyl halides is 1. The van der Waals surface area contributed by atoms with Crippen LogP contribution in [0.1, 0.15) is 12.0 Å². The molecule has 0 radical (unpaired) electrons. The number of hydrogen-bond donors (Lipinski definition) is 1. The van der Waals surface area contributed by atoms with Gasteiger partial charge in [-0.3, -0.25) is 4.79 Å². The Bertz CT molecular complexity index is 613. The van der Waals surface area contributed by atoms with Gasteiger partial charge < -0.3 is 5.11 Å². The lowest BCUT2D eigenvalue weighted by atomic mass is 10.0. The van der Waals surface area contributed by atoms with Crippen LogP contribution in [0.3, 0.4) is 0 Å². The van der Waals surface area contributed by atoms with E-state index in [-0.39, 0.29) is 0 Å². The summed E-state index contributed by atoms with van der Waals surface area (Å²) >= 11 is 7.46. The fourth-order valence-corrected chi connectivity index (χ4v) is 2.95. The molecule has 0 spiro atoms. The smallest absolute Gasteiger partial charge is 0.321 e. The van der Waals surface area contributed by atoms with Crippen molar-refractivity contribution in [3.8, 4) is 11.1 Å². The first kappa shape index (κ1) is 15.9. The molecule has 2 aromatic carbocycles.